The number of likely N-dealkylation sites (tertiary alicyclic amines) is 2. The Morgan fingerprint density at radius 3 is 2.75 bits per heavy atom. The van der Waals surface area contributed by atoms with Crippen LogP contribution in [0.2, 0.25) is 0 Å². The van der Waals surface area contributed by atoms with Gasteiger partial charge in [-0.05, 0) is 43.0 Å². The lowest BCUT2D eigenvalue weighted by Crippen LogP contribution is -2.42. The fourth-order valence-electron chi connectivity index (χ4n) is 4.58. The summed E-state index contributed by atoms with van der Waals surface area (Å²) in [5.74, 6) is 0.803. The summed E-state index contributed by atoms with van der Waals surface area (Å²) in [6, 6.07) is 7.66. The summed E-state index contributed by atoms with van der Waals surface area (Å²) in [6.07, 6.45) is 7.22. The number of hydrogen-bond acceptors (Lipinski definition) is 6. The van der Waals surface area contributed by atoms with Crippen molar-refractivity contribution in [3.8, 4) is 6.01 Å². The second kappa shape index (κ2) is 8.94. The molecule has 2 aromatic heterocycles. The maximum absolute atomic E-state index is 12.9. The molecular formula is C23H26N6O3. The number of aromatic nitrogens is 4. The lowest BCUT2D eigenvalue weighted by atomic mass is 9.95. The van der Waals surface area contributed by atoms with Gasteiger partial charge >= 0.3 is 6.01 Å². The van der Waals surface area contributed by atoms with Crippen LogP contribution in [-0.2, 0) is 4.79 Å². The molecule has 0 saturated carbocycles. The molecule has 32 heavy (non-hydrogen) atoms. The van der Waals surface area contributed by atoms with Crippen LogP contribution >= 0.6 is 0 Å². The first-order valence-corrected chi connectivity index (χ1v) is 11.1. The zero-order valence-corrected chi connectivity index (χ0v) is 17.8. The summed E-state index contributed by atoms with van der Waals surface area (Å²) in [5.41, 5.74) is 2.41. The number of hydrogen-bond donors (Lipinski definition) is 1. The van der Waals surface area contributed by atoms with Gasteiger partial charge in [-0.1, -0.05) is 0 Å². The average molecular weight is 435 g/mol. The minimum absolute atomic E-state index is 0.0533. The molecule has 2 aliphatic rings. The number of rotatable bonds is 6. The number of ether oxygens (including phenoxy) is 1. The monoisotopic (exact) mass is 434 g/mol. The average Bonchev–Trinajstić information content (AvgIpc) is 3.44. The summed E-state index contributed by atoms with van der Waals surface area (Å²) >= 11 is 0. The van der Waals surface area contributed by atoms with Gasteiger partial charge in [0.2, 0.25) is 5.91 Å². The van der Waals surface area contributed by atoms with E-state index in [-0.39, 0.29) is 17.7 Å². The largest absolute Gasteiger partial charge is 0.463 e. The first-order valence-electron chi connectivity index (χ1n) is 11.1. The Balaban J connectivity index is 1.10. The van der Waals surface area contributed by atoms with Gasteiger partial charge in [0.15, 0.2) is 0 Å². The molecule has 3 aromatic rings. The summed E-state index contributed by atoms with van der Waals surface area (Å²) in [5, 5.41) is 0. The predicted molar refractivity (Wildman–Crippen MR) is 117 cm³/mol. The van der Waals surface area contributed by atoms with E-state index in [1.165, 1.54) is 0 Å². The number of imidazole rings is 1. The highest BCUT2D eigenvalue weighted by atomic mass is 16.5. The molecule has 1 aromatic carbocycles. The molecule has 2 fully saturated rings. The molecule has 0 aliphatic carbocycles. The molecule has 1 atom stereocenters. The number of carbonyl (C=O) groups excluding carboxylic acids is 2. The Morgan fingerprint density at radius 1 is 1.12 bits per heavy atom. The second-order valence-corrected chi connectivity index (χ2v) is 8.58. The van der Waals surface area contributed by atoms with Gasteiger partial charge in [0.05, 0.1) is 24.0 Å². The number of benzene rings is 1. The quantitative estimate of drug-likeness (QED) is 0.637. The van der Waals surface area contributed by atoms with Crippen molar-refractivity contribution >= 4 is 22.8 Å². The van der Waals surface area contributed by atoms with E-state index in [9.17, 15) is 9.59 Å². The lowest BCUT2D eigenvalue weighted by molar-refractivity contribution is -0.128. The molecule has 9 nitrogen and oxygen atoms in total. The molecule has 9 heteroatoms. The van der Waals surface area contributed by atoms with E-state index in [1.54, 1.807) is 24.8 Å². The van der Waals surface area contributed by atoms with Crippen molar-refractivity contribution in [1.82, 2.24) is 29.7 Å². The van der Waals surface area contributed by atoms with Crippen LogP contribution in [0.5, 0.6) is 6.01 Å². The lowest BCUT2D eigenvalue weighted by Gasteiger charge is -2.34. The molecule has 5 rings (SSSR count). The Hall–Kier alpha value is -3.49. The SMILES string of the molecule is O=C1CC(COc2ncccn2)CN1CC1CCN(C(=O)c2ccc3nc[nH]c3c2)CC1. The molecule has 2 aliphatic heterocycles. The highest BCUT2D eigenvalue weighted by Crippen LogP contribution is 2.25. The van der Waals surface area contributed by atoms with E-state index in [1.807, 2.05) is 28.0 Å². The Labute approximate surface area is 185 Å². The predicted octanol–water partition coefficient (Wildman–Crippen LogP) is 2.13. The van der Waals surface area contributed by atoms with Crippen molar-refractivity contribution in [2.75, 3.05) is 32.8 Å². The van der Waals surface area contributed by atoms with Gasteiger partial charge in [-0.2, -0.15) is 0 Å². The van der Waals surface area contributed by atoms with Gasteiger partial charge in [-0.15, -0.1) is 0 Å². The summed E-state index contributed by atoms with van der Waals surface area (Å²) < 4.78 is 5.63. The minimum atomic E-state index is 0.0533. The summed E-state index contributed by atoms with van der Waals surface area (Å²) in [7, 11) is 0. The second-order valence-electron chi connectivity index (χ2n) is 8.58. The van der Waals surface area contributed by atoms with Gasteiger partial charge in [0.1, 0.15) is 0 Å². The van der Waals surface area contributed by atoms with Crippen LogP contribution < -0.4 is 4.74 Å². The number of carbonyl (C=O) groups is 2. The van der Waals surface area contributed by atoms with Crippen LogP contribution in [0.4, 0.5) is 0 Å². The van der Waals surface area contributed by atoms with Crippen LogP contribution in [0.3, 0.4) is 0 Å². The molecular weight excluding hydrogens is 408 g/mol. The smallest absolute Gasteiger partial charge is 0.316 e. The first kappa shape index (κ1) is 20.4. The van der Waals surface area contributed by atoms with E-state index in [0.717, 1.165) is 30.4 Å². The third kappa shape index (κ3) is 4.42. The summed E-state index contributed by atoms with van der Waals surface area (Å²) in [4.78, 5) is 44.6. The standard InChI is InChI=1S/C23H26N6O3/c30-21-10-17(14-32-23-24-6-1-7-25-23)13-29(21)12-16-4-8-28(9-5-16)22(31)18-2-3-19-20(11-18)27-15-26-19/h1-3,6-7,11,15-17H,4-5,8-10,12-14H2,(H,26,27). The van der Waals surface area contributed by atoms with Crippen LogP contribution in [0.1, 0.15) is 29.6 Å². The van der Waals surface area contributed by atoms with Gasteiger partial charge in [0.25, 0.3) is 5.91 Å². The normalized spacial score (nSPS) is 19.6. The fourth-order valence-corrected chi connectivity index (χ4v) is 4.58. The zero-order chi connectivity index (χ0) is 21.9. The Bertz CT molecular complexity index is 1090. The molecule has 0 radical (unpaired) electrons. The topological polar surface area (TPSA) is 104 Å². The van der Waals surface area contributed by atoms with E-state index in [2.05, 4.69) is 19.9 Å². The van der Waals surface area contributed by atoms with Crippen molar-refractivity contribution < 1.29 is 14.3 Å². The molecule has 0 bridgehead atoms. The van der Waals surface area contributed by atoms with Crippen molar-refractivity contribution in [3.05, 3.63) is 48.5 Å². The molecule has 0 spiro atoms. The highest BCUT2D eigenvalue weighted by molar-refractivity contribution is 5.97. The van der Waals surface area contributed by atoms with Gasteiger partial charge in [-0.25, -0.2) is 15.0 Å². The van der Waals surface area contributed by atoms with E-state index >= 15 is 0 Å². The third-order valence-electron chi connectivity index (χ3n) is 6.33. The van der Waals surface area contributed by atoms with E-state index < -0.39 is 0 Å². The van der Waals surface area contributed by atoms with Gasteiger partial charge < -0.3 is 19.5 Å². The number of nitrogens with one attached hydrogen (secondary N) is 1. The highest BCUT2D eigenvalue weighted by Gasteiger charge is 2.33. The van der Waals surface area contributed by atoms with Gasteiger partial charge in [0, 0.05) is 56.5 Å². The molecule has 4 heterocycles. The number of amides is 2. The van der Waals surface area contributed by atoms with Gasteiger partial charge in [-0.3, -0.25) is 9.59 Å². The van der Waals surface area contributed by atoms with Crippen molar-refractivity contribution in [1.29, 1.82) is 0 Å². The number of nitrogens with zero attached hydrogens (tertiary/aromatic N) is 5. The third-order valence-corrected chi connectivity index (χ3v) is 6.33. The molecule has 2 amide bonds. The first-order chi connectivity index (χ1) is 15.7. The molecule has 2 saturated heterocycles. The van der Waals surface area contributed by atoms with E-state index in [0.29, 0.717) is 50.2 Å². The number of H-pyrrole nitrogens is 1. The Kier molecular flexibility index (Phi) is 5.70. The van der Waals surface area contributed by atoms with Crippen molar-refractivity contribution in [2.24, 2.45) is 11.8 Å². The van der Waals surface area contributed by atoms with Crippen LogP contribution in [0.25, 0.3) is 11.0 Å². The number of fused-ring (bicyclic) bond motifs is 1. The van der Waals surface area contributed by atoms with Crippen molar-refractivity contribution in [3.63, 3.8) is 0 Å². The minimum Gasteiger partial charge on any atom is -0.463 e. The van der Waals surface area contributed by atoms with Crippen LogP contribution in [0, 0.1) is 11.8 Å². The molecule has 1 N–H and O–H groups in total. The van der Waals surface area contributed by atoms with Crippen LogP contribution in [0.15, 0.2) is 43.0 Å². The fraction of sp³-hybridized carbons (Fsp3) is 0.435. The molecule has 166 valence electrons. The molecule has 1 unspecified atom stereocenters. The van der Waals surface area contributed by atoms with Crippen LogP contribution in [-0.4, -0.2) is 74.3 Å². The van der Waals surface area contributed by atoms with E-state index in [4.69, 9.17) is 4.74 Å². The maximum Gasteiger partial charge on any atom is 0.316 e. The van der Waals surface area contributed by atoms with Crippen molar-refractivity contribution in [2.45, 2.75) is 19.3 Å². The Morgan fingerprint density at radius 2 is 1.94 bits per heavy atom. The number of piperidine rings is 1. The number of aromatic amines is 1. The summed E-state index contributed by atoms with van der Waals surface area (Å²) in [6.45, 7) is 3.32. The zero-order valence-electron chi connectivity index (χ0n) is 17.8. The maximum atomic E-state index is 12.9.